The van der Waals surface area contributed by atoms with Gasteiger partial charge in [-0.3, -0.25) is 4.99 Å². The largest absolute Gasteiger partial charge is 0.370 e. The summed E-state index contributed by atoms with van der Waals surface area (Å²) in [5.74, 6) is -0.148. The summed E-state index contributed by atoms with van der Waals surface area (Å²) < 4.78 is 39.7. The Morgan fingerprint density at radius 1 is 1.28 bits per heavy atom. The van der Waals surface area contributed by atoms with E-state index in [0.29, 0.717) is 5.96 Å². The van der Waals surface area contributed by atoms with Crippen LogP contribution in [0, 0.1) is 5.82 Å². The summed E-state index contributed by atoms with van der Waals surface area (Å²) in [6.45, 7) is 2.07. The predicted octanol–water partition coefficient (Wildman–Crippen LogP) is 2.57. The minimum absolute atomic E-state index is 0. The number of hydrogen-bond donors (Lipinski definition) is 2. The van der Waals surface area contributed by atoms with E-state index in [4.69, 9.17) is 17.3 Å². The van der Waals surface area contributed by atoms with E-state index in [1.165, 1.54) is 12.8 Å². The van der Waals surface area contributed by atoms with Crippen LogP contribution in [0.15, 0.2) is 28.1 Å². The molecule has 0 radical (unpaired) electrons. The first kappa shape index (κ1) is 22.4. The molecular weight excluding hydrogens is 482 g/mol. The van der Waals surface area contributed by atoms with Crippen molar-refractivity contribution in [1.29, 1.82) is 0 Å². The van der Waals surface area contributed by atoms with Crippen LogP contribution in [0.2, 0.25) is 5.02 Å². The first-order valence-electron chi connectivity index (χ1n) is 7.90. The maximum atomic E-state index is 13.0. The number of guanidine groups is 1. The van der Waals surface area contributed by atoms with Gasteiger partial charge < -0.3 is 10.6 Å². The Kier molecular flexibility index (Phi) is 9.39. The Hall–Kier alpha value is -0.650. The molecule has 1 aliphatic heterocycles. The highest BCUT2D eigenvalue weighted by Gasteiger charge is 2.17. The van der Waals surface area contributed by atoms with Crippen molar-refractivity contribution in [3.05, 3.63) is 29.0 Å². The van der Waals surface area contributed by atoms with Gasteiger partial charge in [-0.15, -0.1) is 24.0 Å². The highest BCUT2D eigenvalue weighted by atomic mass is 127. The average Bonchev–Trinajstić information content (AvgIpc) is 2.80. The van der Waals surface area contributed by atoms with Crippen molar-refractivity contribution in [1.82, 2.24) is 9.62 Å². The molecule has 142 valence electrons. The number of nitrogens with one attached hydrogen (secondary N) is 1. The van der Waals surface area contributed by atoms with E-state index in [-0.39, 0.29) is 47.0 Å². The normalized spacial score (nSPS) is 16.2. The standard InChI is InChI=1S/C15H22ClFN4O2S.HI/c16-13-11-12(17)5-6-14(13)24(22,23)20-8-7-19-15(18)21-9-3-1-2-4-10-21;/h5-6,11,20H,1-4,7-10H2,(H2,18,19);1H. The molecular formula is C15H23ClFIN4O2S. The Morgan fingerprint density at radius 3 is 2.52 bits per heavy atom. The number of hydrogen-bond acceptors (Lipinski definition) is 3. The zero-order chi connectivity index (χ0) is 17.6. The van der Waals surface area contributed by atoms with E-state index in [9.17, 15) is 12.8 Å². The van der Waals surface area contributed by atoms with Gasteiger partial charge in [-0.1, -0.05) is 24.4 Å². The van der Waals surface area contributed by atoms with Crippen molar-refractivity contribution in [3.63, 3.8) is 0 Å². The molecule has 2 rings (SSSR count). The molecule has 1 fully saturated rings. The fraction of sp³-hybridized carbons (Fsp3) is 0.533. The molecule has 1 aliphatic rings. The molecule has 1 aromatic carbocycles. The van der Waals surface area contributed by atoms with Gasteiger partial charge in [0, 0.05) is 19.6 Å². The lowest BCUT2D eigenvalue weighted by atomic mass is 10.2. The van der Waals surface area contributed by atoms with Crippen molar-refractivity contribution in [3.8, 4) is 0 Å². The number of likely N-dealkylation sites (tertiary alicyclic amines) is 1. The fourth-order valence-corrected chi connectivity index (χ4v) is 4.07. The zero-order valence-electron chi connectivity index (χ0n) is 13.7. The lowest BCUT2D eigenvalue weighted by molar-refractivity contribution is 0.428. The number of rotatable bonds is 5. The summed E-state index contributed by atoms with van der Waals surface area (Å²) in [7, 11) is -3.81. The lowest BCUT2D eigenvalue weighted by Gasteiger charge is -2.21. The van der Waals surface area contributed by atoms with Crippen molar-refractivity contribution < 1.29 is 12.8 Å². The van der Waals surface area contributed by atoms with Crippen molar-refractivity contribution in [2.24, 2.45) is 10.7 Å². The quantitative estimate of drug-likeness (QED) is 0.279. The summed E-state index contributed by atoms with van der Waals surface area (Å²) in [4.78, 5) is 6.09. The molecule has 0 spiro atoms. The molecule has 25 heavy (non-hydrogen) atoms. The van der Waals surface area contributed by atoms with Gasteiger partial charge in [-0.2, -0.15) is 0 Å². The monoisotopic (exact) mass is 504 g/mol. The van der Waals surface area contributed by atoms with Crippen LogP contribution in [0.1, 0.15) is 25.7 Å². The minimum Gasteiger partial charge on any atom is -0.370 e. The Morgan fingerprint density at radius 2 is 1.92 bits per heavy atom. The Balaban J connectivity index is 0.00000312. The second kappa shape index (κ2) is 10.5. The van der Waals surface area contributed by atoms with Crippen LogP contribution in [0.5, 0.6) is 0 Å². The van der Waals surface area contributed by atoms with Gasteiger partial charge in [0.1, 0.15) is 10.7 Å². The molecule has 1 aromatic rings. The van der Waals surface area contributed by atoms with Crippen LogP contribution in [0.3, 0.4) is 0 Å². The van der Waals surface area contributed by atoms with Gasteiger partial charge in [0.2, 0.25) is 10.0 Å². The van der Waals surface area contributed by atoms with Crippen molar-refractivity contribution >= 4 is 51.6 Å². The number of sulfonamides is 1. The van der Waals surface area contributed by atoms with Gasteiger partial charge in [-0.25, -0.2) is 17.5 Å². The molecule has 0 aromatic heterocycles. The lowest BCUT2D eigenvalue weighted by Crippen LogP contribution is -2.38. The van der Waals surface area contributed by atoms with E-state index in [1.807, 2.05) is 4.90 Å². The molecule has 0 unspecified atom stereocenters. The van der Waals surface area contributed by atoms with Crippen LogP contribution in [0.4, 0.5) is 4.39 Å². The van der Waals surface area contributed by atoms with E-state index in [1.54, 1.807) is 0 Å². The Bertz CT molecular complexity index is 695. The van der Waals surface area contributed by atoms with E-state index < -0.39 is 15.8 Å². The average molecular weight is 505 g/mol. The van der Waals surface area contributed by atoms with Gasteiger partial charge in [0.25, 0.3) is 0 Å². The highest BCUT2D eigenvalue weighted by Crippen LogP contribution is 2.21. The van der Waals surface area contributed by atoms with Crippen LogP contribution < -0.4 is 10.5 Å². The first-order valence-corrected chi connectivity index (χ1v) is 9.76. The maximum absolute atomic E-state index is 13.0. The van der Waals surface area contributed by atoms with Crippen molar-refractivity contribution in [2.75, 3.05) is 26.2 Å². The number of nitrogens with two attached hydrogens (primary N) is 1. The van der Waals surface area contributed by atoms with Crippen LogP contribution in [-0.2, 0) is 10.0 Å². The molecule has 0 amide bonds. The predicted molar refractivity (Wildman–Crippen MR) is 109 cm³/mol. The molecule has 1 saturated heterocycles. The van der Waals surface area contributed by atoms with Crippen LogP contribution >= 0.6 is 35.6 Å². The summed E-state index contributed by atoms with van der Waals surface area (Å²) in [6, 6.07) is 3.15. The first-order chi connectivity index (χ1) is 11.4. The fourth-order valence-electron chi connectivity index (χ4n) is 2.52. The molecule has 0 bridgehead atoms. The zero-order valence-corrected chi connectivity index (χ0v) is 17.7. The third-order valence-corrected chi connectivity index (χ3v) is 5.74. The summed E-state index contributed by atoms with van der Waals surface area (Å²) in [5, 5.41) is -0.157. The number of aliphatic imine (C=N–C) groups is 1. The van der Waals surface area contributed by atoms with Gasteiger partial charge >= 0.3 is 0 Å². The molecule has 0 saturated carbocycles. The second-order valence-corrected chi connectivity index (χ2v) is 7.76. The molecule has 0 atom stereocenters. The topological polar surface area (TPSA) is 87.8 Å². The van der Waals surface area contributed by atoms with Gasteiger partial charge in [0.05, 0.1) is 11.6 Å². The molecule has 1 heterocycles. The second-order valence-electron chi connectivity index (χ2n) is 5.61. The van der Waals surface area contributed by atoms with Gasteiger partial charge in [-0.05, 0) is 31.0 Å². The summed E-state index contributed by atoms with van der Waals surface area (Å²) in [5.41, 5.74) is 5.96. The third-order valence-electron chi connectivity index (χ3n) is 3.79. The smallest absolute Gasteiger partial charge is 0.242 e. The number of benzene rings is 1. The van der Waals surface area contributed by atoms with E-state index >= 15 is 0 Å². The molecule has 3 N–H and O–H groups in total. The number of nitrogens with zero attached hydrogens (tertiary/aromatic N) is 2. The van der Waals surface area contributed by atoms with Crippen molar-refractivity contribution in [2.45, 2.75) is 30.6 Å². The van der Waals surface area contributed by atoms with Crippen LogP contribution in [-0.4, -0.2) is 45.5 Å². The van der Waals surface area contributed by atoms with Gasteiger partial charge in [0.15, 0.2) is 5.96 Å². The minimum atomic E-state index is -3.81. The SMILES string of the molecule is I.NC(=NCCNS(=O)(=O)c1ccc(F)cc1Cl)N1CCCCCC1. The van der Waals surface area contributed by atoms with Crippen LogP contribution in [0.25, 0.3) is 0 Å². The molecule has 6 nitrogen and oxygen atoms in total. The van der Waals surface area contributed by atoms with E-state index in [2.05, 4.69) is 9.71 Å². The number of halogens is 3. The highest BCUT2D eigenvalue weighted by molar-refractivity contribution is 14.0. The third kappa shape index (κ3) is 6.87. The molecule has 10 heteroatoms. The van der Waals surface area contributed by atoms with E-state index in [0.717, 1.165) is 44.1 Å². The maximum Gasteiger partial charge on any atom is 0.242 e. The Labute approximate surface area is 170 Å². The summed E-state index contributed by atoms with van der Waals surface area (Å²) >= 11 is 5.78. The summed E-state index contributed by atoms with van der Waals surface area (Å²) in [6.07, 6.45) is 4.57. The molecule has 0 aliphatic carbocycles.